The summed E-state index contributed by atoms with van der Waals surface area (Å²) in [5.74, 6) is 0. The number of fused-ring (bicyclic) bond motifs is 3. The zero-order valence-electron chi connectivity index (χ0n) is 13.8. The molecule has 1 unspecified atom stereocenters. The van der Waals surface area contributed by atoms with Crippen LogP contribution in [0.4, 0.5) is 0 Å². The Morgan fingerprint density at radius 2 is 1.62 bits per heavy atom. The maximum atomic E-state index is 2.36. The van der Waals surface area contributed by atoms with Crippen molar-refractivity contribution >= 4 is 8.78 Å². The van der Waals surface area contributed by atoms with Crippen molar-refractivity contribution in [3.05, 3.63) is 77.4 Å². The summed E-state index contributed by atoms with van der Waals surface area (Å²) in [5.41, 5.74) is 9.12. The van der Waals surface area contributed by atoms with E-state index in [-0.39, 0.29) is 9.41 Å². The first-order chi connectivity index (χ1) is 10.8. The van der Waals surface area contributed by atoms with Crippen molar-refractivity contribution in [1.29, 1.82) is 0 Å². The van der Waals surface area contributed by atoms with Crippen molar-refractivity contribution in [2.45, 2.75) is 23.9 Å². The van der Waals surface area contributed by atoms with Gasteiger partial charge in [0.1, 0.15) is 0 Å². The average Bonchev–Trinajstić information content (AvgIpc) is 3.15. The Kier molecular flexibility index (Phi) is 5.98. The average molecular weight is 401 g/mol. The van der Waals surface area contributed by atoms with Crippen molar-refractivity contribution in [1.82, 2.24) is 0 Å². The zero-order chi connectivity index (χ0) is 15.1. The van der Waals surface area contributed by atoms with Gasteiger partial charge in [0.25, 0.3) is 0 Å². The van der Waals surface area contributed by atoms with E-state index in [1.807, 2.05) is 0 Å². The molecule has 3 heteroatoms. The predicted molar refractivity (Wildman–Crippen MR) is 91.8 cm³/mol. The second-order valence-corrected chi connectivity index (χ2v) is 10.8. The molecule has 0 aliphatic heterocycles. The first kappa shape index (κ1) is 18.9. The molecule has 0 aromatic heterocycles. The van der Waals surface area contributed by atoms with Crippen LogP contribution in [0, 0.1) is 0 Å². The molecule has 121 valence electrons. The minimum atomic E-state index is -0.591. The zero-order valence-corrected chi connectivity index (χ0v) is 16.3. The van der Waals surface area contributed by atoms with Crippen LogP contribution in [0.5, 0.6) is 0 Å². The summed E-state index contributed by atoms with van der Waals surface area (Å²) in [7, 11) is 0. The number of allylic oxidation sites excluding steroid dienone is 4. The molecule has 0 spiro atoms. The van der Waals surface area contributed by atoms with Crippen molar-refractivity contribution in [2.24, 2.45) is 0 Å². The molecule has 0 fully saturated rings. The van der Waals surface area contributed by atoms with Gasteiger partial charge in [-0.2, -0.15) is 0 Å². The second kappa shape index (κ2) is 7.61. The van der Waals surface area contributed by atoms with Crippen molar-refractivity contribution in [3.63, 3.8) is 0 Å². The van der Waals surface area contributed by atoms with E-state index in [0.717, 1.165) is 6.42 Å². The molecule has 2 aliphatic carbocycles. The minimum absolute atomic E-state index is 0. The van der Waals surface area contributed by atoms with E-state index in [1.165, 1.54) is 22.3 Å². The topological polar surface area (TPSA) is 0 Å². The molecule has 4 rings (SSSR count). The van der Waals surface area contributed by atoms with Gasteiger partial charge in [0.05, 0.1) is 0 Å². The third kappa shape index (κ3) is 3.07. The van der Waals surface area contributed by atoms with Crippen LogP contribution in [-0.4, -0.2) is 3.21 Å². The monoisotopic (exact) mass is 399 g/mol. The van der Waals surface area contributed by atoms with Crippen molar-refractivity contribution < 1.29 is 32.2 Å². The van der Waals surface area contributed by atoms with Crippen LogP contribution in [-0.2, 0) is 22.8 Å². The van der Waals surface area contributed by atoms with Gasteiger partial charge >= 0.3 is 144 Å². The second-order valence-electron chi connectivity index (χ2n) is 6.26. The maximum absolute atomic E-state index is 2.36. The number of hydrogen-bond donors (Lipinski definition) is 0. The first-order valence-corrected chi connectivity index (χ1v) is 10.6. The summed E-state index contributed by atoms with van der Waals surface area (Å²) in [4.78, 5) is 0. The maximum Gasteiger partial charge on any atom is -1.00 e. The Morgan fingerprint density at radius 3 is 2.33 bits per heavy atom. The van der Waals surface area contributed by atoms with Gasteiger partial charge in [0.15, 0.2) is 0 Å². The standard InChI is InChI=1S/C18H13.C3H6.2FH.Zr/c1-2-7-13(6-1)15-10-5-11-17-16-9-4-3-8-14(16)12-18(15)17;1-3-2;;;/h1-6,8-12H,7H2;1-2H3;2*1H;/q;;;;+2/p-2. The summed E-state index contributed by atoms with van der Waals surface area (Å²) < 4.78 is 2.35. The third-order valence-electron chi connectivity index (χ3n) is 4.51. The summed E-state index contributed by atoms with van der Waals surface area (Å²) in [5, 5.41) is 0. The fourth-order valence-electron chi connectivity index (χ4n) is 3.63. The SMILES string of the molecule is C[C](C)=[Zr+2][CH]1c2ccccc2-c2cccc(C3=CC=CC3)c21.[F-].[F-]. The van der Waals surface area contributed by atoms with Crippen molar-refractivity contribution in [2.75, 3.05) is 0 Å². The largest absolute Gasteiger partial charge is 1.00 e. The molecule has 2 aromatic rings. The van der Waals surface area contributed by atoms with E-state index in [4.69, 9.17) is 0 Å². The van der Waals surface area contributed by atoms with Crippen molar-refractivity contribution in [3.8, 4) is 11.1 Å². The van der Waals surface area contributed by atoms with E-state index in [1.54, 1.807) is 14.3 Å². The van der Waals surface area contributed by atoms with Crippen LogP contribution in [0.1, 0.15) is 40.6 Å². The van der Waals surface area contributed by atoms with E-state index < -0.39 is 22.8 Å². The van der Waals surface area contributed by atoms with Crippen LogP contribution in [0.2, 0.25) is 0 Å². The first-order valence-electron chi connectivity index (χ1n) is 7.90. The van der Waals surface area contributed by atoms with Gasteiger partial charge < -0.3 is 9.41 Å². The molecule has 0 saturated carbocycles. The van der Waals surface area contributed by atoms with Gasteiger partial charge in [0, 0.05) is 0 Å². The summed E-state index contributed by atoms with van der Waals surface area (Å²) in [6.07, 6.45) is 7.84. The summed E-state index contributed by atoms with van der Waals surface area (Å²) in [6, 6.07) is 15.9. The van der Waals surface area contributed by atoms with Crippen LogP contribution in [0.25, 0.3) is 16.7 Å². The molecule has 0 radical (unpaired) electrons. The smallest absolute Gasteiger partial charge is 1.00 e. The van der Waals surface area contributed by atoms with Gasteiger partial charge in [-0.15, -0.1) is 0 Å². The summed E-state index contributed by atoms with van der Waals surface area (Å²) in [6.45, 7) is 4.65. The van der Waals surface area contributed by atoms with Crippen LogP contribution in [0.15, 0.2) is 60.7 Å². The Balaban J connectivity index is 0.00000104. The number of hydrogen-bond acceptors (Lipinski definition) is 0. The molecule has 0 N–H and O–H groups in total. The molecule has 2 aromatic carbocycles. The van der Waals surface area contributed by atoms with E-state index in [9.17, 15) is 0 Å². The Bertz CT molecular complexity index is 843. The molecule has 0 amide bonds. The Labute approximate surface area is 153 Å². The van der Waals surface area contributed by atoms with Crippen LogP contribution < -0.4 is 9.41 Å². The normalized spacial score (nSPS) is 16.2. The van der Waals surface area contributed by atoms with Gasteiger partial charge in [-0.1, -0.05) is 0 Å². The minimum Gasteiger partial charge on any atom is -1.00 e. The molecule has 1 atom stereocenters. The van der Waals surface area contributed by atoms with E-state index >= 15 is 0 Å². The van der Waals surface area contributed by atoms with Crippen LogP contribution >= 0.6 is 0 Å². The Hall–Kier alpha value is -1.47. The van der Waals surface area contributed by atoms with Gasteiger partial charge in [0.2, 0.25) is 0 Å². The molecule has 0 saturated heterocycles. The third-order valence-corrected chi connectivity index (χ3v) is 8.11. The number of benzene rings is 2. The number of halogens is 2. The fraction of sp³-hybridized carbons (Fsp3) is 0.190. The fourth-order valence-corrected chi connectivity index (χ4v) is 7.17. The van der Waals surface area contributed by atoms with E-state index in [2.05, 4.69) is 74.5 Å². The molecular weight excluding hydrogens is 381 g/mol. The molecule has 0 nitrogen and oxygen atoms in total. The molecule has 0 bridgehead atoms. The van der Waals surface area contributed by atoms with Gasteiger partial charge in [-0.25, -0.2) is 0 Å². The number of rotatable bonds is 2. The summed E-state index contributed by atoms with van der Waals surface area (Å²) >= 11 is -0.591. The predicted octanol–water partition coefficient (Wildman–Crippen LogP) is -0.598. The van der Waals surface area contributed by atoms with Gasteiger partial charge in [-0.05, 0) is 0 Å². The molecule has 24 heavy (non-hydrogen) atoms. The van der Waals surface area contributed by atoms with E-state index in [0.29, 0.717) is 3.63 Å². The molecule has 2 aliphatic rings. The quantitative estimate of drug-likeness (QED) is 0.632. The van der Waals surface area contributed by atoms with Gasteiger partial charge in [-0.3, -0.25) is 0 Å². The van der Waals surface area contributed by atoms with Crippen LogP contribution in [0.3, 0.4) is 0 Å². The molecular formula is C21H19F2Zr. The molecule has 0 heterocycles. The Morgan fingerprint density at radius 1 is 0.917 bits per heavy atom.